The molecular weight excluding hydrogens is 496 g/mol. The Bertz CT molecular complexity index is 1430. The van der Waals surface area contributed by atoms with Gasteiger partial charge in [0.15, 0.2) is 5.78 Å². The number of nitrogens with zero attached hydrogens (tertiary/aromatic N) is 4. The van der Waals surface area contributed by atoms with Crippen molar-refractivity contribution in [2.24, 2.45) is 35.5 Å². The van der Waals surface area contributed by atoms with E-state index in [1.54, 1.807) is 0 Å². The normalized spacial score (nSPS) is 28.1. The van der Waals surface area contributed by atoms with Crippen molar-refractivity contribution >= 4 is 34.9 Å². The van der Waals surface area contributed by atoms with Gasteiger partial charge in [0.25, 0.3) is 29.1 Å². The third-order valence-electron chi connectivity index (χ3n) is 8.11. The average Bonchev–Trinajstić information content (AvgIpc) is 3.70. The molecule has 2 bridgehead atoms. The molecule has 192 valence electrons. The predicted molar refractivity (Wildman–Crippen MR) is 128 cm³/mol. The number of carbonyl (C=O) groups excluding carboxylic acids is 4. The van der Waals surface area contributed by atoms with E-state index in [9.17, 15) is 39.4 Å². The number of ketones is 1. The minimum Gasteiger partial charge on any atom is -0.292 e. The Morgan fingerprint density at radius 2 is 1.42 bits per heavy atom. The van der Waals surface area contributed by atoms with Crippen molar-refractivity contribution in [3.63, 3.8) is 0 Å². The first-order chi connectivity index (χ1) is 18.2. The van der Waals surface area contributed by atoms with Gasteiger partial charge in [-0.25, -0.2) is 5.01 Å². The largest absolute Gasteiger partial charge is 0.292 e. The van der Waals surface area contributed by atoms with Crippen LogP contribution in [0.3, 0.4) is 0 Å². The van der Waals surface area contributed by atoms with Crippen molar-refractivity contribution in [1.82, 2.24) is 10.0 Å². The zero-order chi connectivity index (χ0) is 26.9. The number of allylic oxidation sites excluding steroid dienone is 2. The topological polar surface area (TPSA) is 161 Å². The van der Waals surface area contributed by atoms with E-state index in [2.05, 4.69) is 0 Å². The number of hydrogen-bond donors (Lipinski definition) is 0. The smallest absolute Gasteiger partial charge is 0.273 e. The van der Waals surface area contributed by atoms with Crippen LogP contribution in [0.5, 0.6) is 0 Å². The molecular formula is C26H20N4O8. The summed E-state index contributed by atoms with van der Waals surface area (Å²) in [6, 6.07) is 9.52. The number of nitro benzene ring substituents is 2. The molecule has 12 nitrogen and oxygen atoms in total. The number of carbonyl (C=O) groups is 4. The lowest BCUT2D eigenvalue weighted by Gasteiger charge is -2.37. The molecule has 0 aromatic heterocycles. The van der Waals surface area contributed by atoms with Crippen molar-refractivity contribution in [1.29, 1.82) is 0 Å². The molecule has 0 unspecified atom stereocenters. The van der Waals surface area contributed by atoms with Crippen LogP contribution in [0, 0.1) is 55.7 Å². The van der Waals surface area contributed by atoms with Gasteiger partial charge in [0.1, 0.15) is 6.54 Å². The van der Waals surface area contributed by atoms with E-state index >= 15 is 0 Å². The fourth-order valence-electron chi connectivity index (χ4n) is 6.31. The van der Waals surface area contributed by atoms with Crippen LogP contribution < -0.4 is 0 Å². The molecule has 1 saturated heterocycles. The Morgan fingerprint density at radius 3 is 1.97 bits per heavy atom. The minimum atomic E-state index is -0.871. The van der Waals surface area contributed by atoms with E-state index in [0.717, 1.165) is 34.6 Å². The van der Waals surface area contributed by atoms with Crippen molar-refractivity contribution in [2.45, 2.75) is 6.42 Å². The number of hydrogen-bond acceptors (Lipinski definition) is 8. The quantitative estimate of drug-likeness (QED) is 0.178. The number of benzene rings is 2. The Hall–Kier alpha value is -4.74. The molecule has 3 amide bonds. The van der Waals surface area contributed by atoms with E-state index in [4.69, 9.17) is 0 Å². The van der Waals surface area contributed by atoms with Gasteiger partial charge >= 0.3 is 0 Å². The fraction of sp³-hybridized carbons (Fsp3) is 0.308. The molecule has 3 fully saturated rings. The van der Waals surface area contributed by atoms with E-state index in [1.807, 2.05) is 12.2 Å². The summed E-state index contributed by atoms with van der Waals surface area (Å²) in [6.45, 7) is -0.733. The molecule has 2 aromatic carbocycles. The molecule has 1 aliphatic heterocycles. The summed E-state index contributed by atoms with van der Waals surface area (Å²) < 4.78 is 0. The number of imide groups is 1. The molecule has 4 aliphatic carbocycles. The number of hydrazine groups is 1. The number of Topliss-reactive ketones (excluding diaryl/α,β-unsaturated/α-hetero) is 1. The molecule has 2 aromatic rings. The Morgan fingerprint density at radius 1 is 0.842 bits per heavy atom. The average molecular weight is 516 g/mol. The summed E-state index contributed by atoms with van der Waals surface area (Å²) >= 11 is 0. The molecule has 0 spiro atoms. The maximum atomic E-state index is 13.7. The van der Waals surface area contributed by atoms with Gasteiger partial charge in [-0.05, 0) is 42.2 Å². The van der Waals surface area contributed by atoms with Gasteiger partial charge in [-0.1, -0.05) is 24.3 Å². The highest BCUT2D eigenvalue weighted by atomic mass is 16.6. The number of nitro groups is 2. The molecule has 7 rings (SSSR count). The van der Waals surface area contributed by atoms with E-state index in [-0.39, 0.29) is 34.3 Å². The summed E-state index contributed by atoms with van der Waals surface area (Å²) in [5.74, 6) is -3.53. The fourth-order valence-corrected chi connectivity index (χ4v) is 6.31. The van der Waals surface area contributed by atoms with Crippen LogP contribution in [0.25, 0.3) is 0 Å². The van der Waals surface area contributed by atoms with Crippen LogP contribution in [0.15, 0.2) is 60.7 Å². The van der Waals surface area contributed by atoms with Crippen molar-refractivity contribution in [2.75, 3.05) is 6.54 Å². The molecule has 0 radical (unpaired) electrons. The maximum Gasteiger partial charge on any atom is 0.273 e. The van der Waals surface area contributed by atoms with Gasteiger partial charge in [-0.2, -0.15) is 5.01 Å². The second-order valence-corrected chi connectivity index (χ2v) is 10.0. The van der Waals surface area contributed by atoms with Crippen molar-refractivity contribution in [3.05, 3.63) is 92.0 Å². The van der Waals surface area contributed by atoms with Crippen LogP contribution in [0.1, 0.15) is 27.1 Å². The Kier molecular flexibility index (Phi) is 5.23. The maximum absolute atomic E-state index is 13.7. The van der Waals surface area contributed by atoms with Crippen LogP contribution in [-0.2, 0) is 9.59 Å². The van der Waals surface area contributed by atoms with Gasteiger partial charge < -0.3 is 0 Å². The summed E-state index contributed by atoms with van der Waals surface area (Å²) in [5, 5.41) is 23.8. The molecule has 12 heteroatoms. The molecule has 0 N–H and O–H groups in total. The second kappa shape index (κ2) is 8.40. The second-order valence-electron chi connectivity index (χ2n) is 10.0. The number of non-ortho nitro benzene ring substituents is 2. The third kappa shape index (κ3) is 3.51. The highest BCUT2D eigenvalue weighted by Gasteiger charge is 2.68. The zero-order valence-electron chi connectivity index (χ0n) is 19.7. The molecule has 1 heterocycles. The van der Waals surface area contributed by atoms with Crippen LogP contribution in [0.4, 0.5) is 11.4 Å². The summed E-state index contributed by atoms with van der Waals surface area (Å²) in [7, 11) is 0. The number of rotatable bonds is 7. The predicted octanol–water partition coefficient (Wildman–Crippen LogP) is 2.80. The highest BCUT2D eigenvalue weighted by Crippen LogP contribution is 2.65. The molecule has 6 atom stereocenters. The van der Waals surface area contributed by atoms with E-state index < -0.39 is 51.7 Å². The summed E-state index contributed by atoms with van der Waals surface area (Å²) in [6.07, 6.45) is 4.91. The van der Waals surface area contributed by atoms with Crippen LogP contribution in [-0.4, -0.2) is 49.9 Å². The SMILES string of the molecule is O=C(CN(C(=O)c1ccc([N+](=O)[O-])cc1)N1C(=O)[C@@H]2[C@H]3C=C[C@@H]([C@@H]4C[C@H]34)[C@H]2C1=O)c1cccc([N+](=O)[O-])c1. The summed E-state index contributed by atoms with van der Waals surface area (Å²) in [4.78, 5) is 75.1. The first-order valence-corrected chi connectivity index (χ1v) is 12.1. The summed E-state index contributed by atoms with van der Waals surface area (Å²) in [5.41, 5.74) is -0.727. The molecule has 38 heavy (non-hydrogen) atoms. The van der Waals surface area contributed by atoms with E-state index in [1.165, 1.54) is 30.3 Å². The van der Waals surface area contributed by atoms with Gasteiger partial charge in [-0.3, -0.25) is 39.4 Å². The van der Waals surface area contributed by atoms with Gasteiger partial charge in [0, 0.05) is 35.4 Å². The lowest BCUT2D eigenvalue weighted by atomic mass is 9.63. The first kappa shape index (κ1) is 23.6. The van der Waals surface area contributed by atoms with Gasteiger partial charge in [0.2, 0.25) is 0 Å². The highest BCUT2D eigenvalue weighted by molar-refractivity contribution is 6.10. The first-order valence-electron chi connectivity index (χ1n) is 12.1. The third-order valence-corrected chi connectivity index (χ3v) is 8.11. The lowest BCUT2D eigenvalue weighted by molar-refractivity contribution is -0.385. The zero-order valence-corrected chi connectivity index (χ0v) is 19.7. The van der Waals surface area contributed by atoms with Gasteiger partial charge in [0.05, 0.1) is 21.7 Å². The number of amides is 3. The minimum absolute atomic E-state index is 0.0677. The lowest BCUT2D eigenvalue weighted by Crippen LogP contribution is -2.52. The van der Waals surface area contributed by atoms with Crippen LogP contribution >= 0.6 is 0 Å². The molecule has 2 saturated carbocycles. The van der Waals surface area contributed by atoms with Gasteiger partial charge in [-0.15, -0.1) is 0 Å². The Balaban J connectivity index is 1.36. The van der Waals surface area contributed by atoms with E-state index in [0.29, 0.717) is 11.8 Å². The monoisotopic (exact) mass is 516 g/mol. The standard InChI is InChI=1S/C26H20N4O8/c31-21(14-2-1-3-16(10-14)30(37)38)12-27(24(32)13-4-6-15(7-5-13)29(35)36)28-25(33)22-17-8-9-18(20-11-19(17)20)23(22)26(28)34/h1-10,17-20,22-23H,11-12H2/t17-,18-,19-,20+,22+,23+/m0/s1. The molecule has 5 aliphatic rings. The van der Waals surface area contributed by atoms with Crippen LogP contribution in [0.2, 0.25) is 0 Å². The van der Waals surface area contributed by atoms with Crippen molar-refractivity contribution in [3.8, 4) is 0 Å². The Labute approximate surface area is 214 Å². The van der Waals surface area contributed by atoms with Crippen molar-refractivity contribution < 1.29 is 29.0 Å².